The number of hydrogen-bond acceptors (Lipinski definition) is 2. The first-order valence-corrected chi connectivity index (χ1v) is 5.83. The quantitative estimate of drug-likeness (QED) is 0.718. The van der Waals surface area contributed by atoms with E-state index in [4.69, 9.17) is 18.0 Å². The fourth-order valence-electron chi connectivity index (χ4n) is 1.40. The molecule has 0 saturated carbocycles. The Kier molecular flexibility index (Phi) is 4.90. The highest BCUT2D eigenvalue weighted by Crippen LogP contribution is 2.06. The molecule has 1 aromatic carbocycles. The molecule has 0 saturated heterocycles. The first-order valence-electron chi connectivity index (χ1n) is 5.42. The van der Waals surface area contributed by atoms with Crippen LogP contribution in [0.1, 0.15) is 13.8 Å². The largest absolute Gasteiger partial charge is 0.392 e. The number of rotatable bonds is 4. The molecular formula is C12H17N3OS. The van der Waals surface area contributed by atoms with Crippen LogP contribution in [0.2, 0.25) is 0 Å². The average Bonchev–Trinajstić information content (AvgIpc) is 2.26. The van der Waals surface area contributed by atoms with Gasteiger partial charge in [0.25, 0.3) is 0 Å². The summed E-state index contributed by atoms with van der Waals surface area (Å²) in [5, 5.41) is 5.47. The van der Waals surface area contributed by atoms with Crippen molar-refractivity contribution >= 4 is 28.9 Å². The number of amides is 2. The summed E-state index contributed by atoms with van der Waals surface area (Å²) < 4.78 is 0. The maximum Gasteiger partial charge on any atom is 0.319 e. The lowest BCUT2D eigenvalue weighted by Gasteiger charge is -2.21. The van der Waals surface area contributed by atoms with Gasteiger partial charge in [-0.2, -0.15) is 0 Å². The van der Waals surface area contributed by atoms with Gasteiger partial charge >= 0.3 is 6.03 Å². The van der Waals surface area contributed by atoms with Crippen molar-refractivity contribution in [3.8, 4) is 0 Å². The van der Waals surface area contributed by atoms with Gasteiger partial charge in [0, 0.05) is 5.69 Å². The molecule has 0 aliphatic heterocycles. The number of nitrogens with one attached hydrogen (secondary N) is 2. The van der Waals surface area contributed by atoms with Crippen LogP contribution >= 0.6 is 12.2 Å². The van der Waals surface area contributed by atoms with E-state index < -0.39 is 0 Å². The van der Waals surface area contributed by atoms with Crippen molar-refractivity contribution in [3.05, 3.63) is 30.3 Å². The average molecular weight is 251 g/mol. The first kappa shape index (κ1) is 13.4. The van der Waals surface area contributed by atoms with Gasteiger partial charge in [-0.25, -0.2) is 4.79 Å². The molecule has 1 rings (SSSR count). The number of hydrogen-bond donors (Lipinski definition) is 3. The van der Waals surface area contributed by atoms with Crippen LogP contribution in [0, 0.1) is 5.92 Å². The highest BCUT2D eigenvalue weighted by atomic mass is 32.1. The Labute approximate surface area is 107 Å². The molecule has 0 spiro atoms. The zero-order chi connectivity index (χ0) is 12.8. The van der Waals surface area contributed by atoms with Crippen LogP contribution < -0.4 is 16.4 Å². The van der Waals surface area contributed by atoms with Crippen LogP contribution in [0.5, 0.6) is 0 Å². The van der Waals surface area contributed by atoms with Gasteiger partial charge in [-0.05, 0) is 18.1 Å². The Morgan fingerprint density at radius 2 is 1.88 bits per heavy atom. The third-order valence-electron chi connectivity index (χ3n) is 2.29. The molecule has 1 atom stereocenters. The molecule has 92 valence electrons. The van der Waals surface area contributed by atoms with Crippen molar-refractivity contribution in [2.45, 2.75) is 19.9 Å². The van der Waals surface area contributed by atoms with Crippen molar-refractivity contribution in [1.29, 1.82) is 0 Å². The van der Waals surface area contributed by atoms with E-state index in [1.165, 1.54) is 0 Å². The van der Waals surface area contributed by atoms with Crippen LogP contribution in [0.3, 0.4) is 0 Å². The van der Waals surface area contributed by atoms with Crippen molar-refractivity contribution in [3.63, 3.8) is 0 Å². The number of nitrogens with two attached hydrogens (primary N) is 1. The summed E-state index contributed by atoms with van der Waals surface area (Å²) in [5.74, 6) is 0.161. The summed E-state index contributed by atoms with van der Waals surface area (Å²) in [7, 11) is 0. The molecule has 0 aromatic heterocycles. The smallest absolute Gasteiger partial charge is 0.319 e. The molecule has 0 aliphatic carbocycles. The summed E-state index contributed by atoms with van der Waals surface area (Å²) in [6.45, 7) is 3.90. The SMILES string of the molecule is CC(C)C(NC(=O)Nc1ccccc1)C(N)=S. The molecule has 17 heavy (non-hydrogen) atoms. The van der Waals surface area contributed by atoms with Gasteiger partial charge in [0.1, 0.15) is 0 Å². The molecule has 4 nitrogen and oxygen atoms in total. The van der Waals surface area contributed by atoms with E-state index in [-0.39, 0.29) is 18.0 Å². The lowest BCUT2D eigenvalue weighted by molar-refractivity contribution is 0.248. The summed E-state index contributed by atoms with van der Waals surface area (Å²) in [6, 6.07) is 8.60. The number of carbonyl (C=O) groups is 1. The lowest BCUT2D eigenvalue weighted by atomic mass is 10.1. The molecule has 1 aromatic rings. The topological polar surface area (TPSA) is 67.2 Å². The number of anilines is 1. The van der Waals surface area contributed by atoms with Crippen LogP contribution in [0.25, 0.3) is 0 Å². The zero-order valence-corrected chi connectivity index (χ0v) is 10.8. The lowest BCUT2D eigenvalue weighted by Crippen LogP contribution is -2.48. The van der Waals surface area contributed by atoms with Gasteiger partial charge in [0.05, 0.1) is 11.0 Å². The van der Waals surface area contributed by atoms with Crippen molar-refractivity contribution in [2.24, 2.45) is 11.7 Å². The maximum absolute atomic E-state index is 11.7. The van der Waals surface area contributed by atoms with Crippen LogP contribution in [0.4, 0.5) is 10.5 Å². The normalized spacial score (nSPS) is 11.9. The number of benzene rings is 1. The Hall–Kier alpha value is -1.62. The third kappa shape index (κ3) is 4.40. The van der Waals surface area contributed by atoms with E-state index in [2.05, 4.69) is 10.6 Å². The number of para-hydroxylation sites is 1. The van der Waals surface area contributed by atoms with Crippen molar-refractivity contribution in [1.82, 2.24) is 5.32 Å². The molecular weight excluding hydrogens is 234 g/mol. The molecule has 2 amide bonds. The molecule has 0 heterocycles. The van der Waals surface area contributed by atoms with E-state index >= 15 is 0 Å². The summed E-state index contributed by atoms with van der Waals surface area (Å²) >= 11 is 4.91. The van der Waals surface area contributed by atoms with Gasteiger partial charge in [-0.15, -0.1) is 0 Å². The molecule has 0 bridgehead atoms. The van der Waals surface area contributed by atoms with Gasteiger partial charge in [-0.1, -0.05) is 44.3 Å². The van der Waals surface area contributed by atoms with E-state index in [1.807, 2.05) is 44.2 Å². The molecule has 1 unspecified atom stereocenters. The second-order valence-corrected chi connectivity index (χ2v) is 4.56. The van der Waals surface area contributed by atoms with Gasteiger partial charge < -0.3 is 16.4 Å². The van der Waals surface area contributed by atoms with Crippen molar-refractivity contribution < 1.29 is 4.79 Å². The van der Waals surface area contributed by atoms with E-state index in [0.717, 1.165) is 5.69 Å². The minimum atomic E-state index is -0.303. The maximum atomic E-state index is 11.7. The monoisotopic (exact) mass is 251 g/mol. The van der Waals surface area contributed by atoms with Gasteiger partial charge in [-0.3, -0.25) is 0 Å². The molecule has 4 N–H and O–H groups in total. The molecule has 0 aliphatic rings. The van der Waals surface area contributed by atoms with Crippen molar-refractivity contribution in [2.75, 3.05) is 5.32 Å². The van der Waals surface area contributed by atoms with E-state index in [0.29, 0.717) is 4.99 Å². The minimum Gasteiger partial charge on any atom is -0.392 e. The summed E-state index contributed by atoms with van der Waals surface area (Å²) in [4.78, 5) is 12.0. The van der Waals surface area contributed by atoms with E-state index in [1.54, 1.807) is 0 Å². The minimum absolute atomic E-state index is 0.161. The van der Waals surface area contributed by atoms with Crippen LogP contribution in [-0.4, -0.2) is 17.1 Å². The predicted molar refractivity (Wildman–Crippen MR) is 74.0 cm³/mol. The summed E-state index contributed by atoms with van der Waals surface area (Å²) in [6.07, 6.45) is 0. The Morgan fingerprint density at radius 1 is 1.29 bits per heavy atom. The fourth-order valence-corrected chi connectivity index (χ4v) is 1.73. The molecule has 0 radical (unpaired) electrons. The fraction of sp³-hybridized carbons (Fsp3) is 0.333. The predicted octanol–water partition coefficient (Wildman–Crippen LogP) is 2.12. The van der Waals surface area contributed by atoms with Crippen LogP contribution in [-0.2, 0) is 0 Å². The molecule has 0 fully saturated rings. The highest BCUT2D eigenvalue weighted by molar-refractivity contribution is 7.80. The standard InChI is InChI=1S/C12H17N3OS/c1-8(2)10(11(13)17)15-12(16)14-9-6-4-3-5-7-9/h3-8,10H,1-2H3,(H2,13,17)(H2,14,15,16). The Bertz CT molecular complexity index is 392. The number of urea groups is 1. The first-order chi connectivity index (χ1) is 8.00. The third-order valence-corrected chi connectivity index (χ3v) is 2.55. The molecule has 5 heteroatoms. The van der Waals surface area contributed by atoms with Gasteiger partial charge in [0.15, 0.2) is 0 Å². The number of carbonyl (C=O) groups excluding carboxylic acids is 1. The summed E-state index contributed by atoms with van der Waals surface area (Å²) in [5.41, 5.74) is 6.30. The highest BCUT2D eigenvalue weighted by Gasteiger charge is 2.18. The zero-order valence-electron chi connectivity index (χ0n) is 9.94. The Balaban J connectivity index is 2.57. The van der Waals surface area contributed by atoms with Gasteiger partial charge in [0.2, 0.25) is 0 Å². The van der Waals surface area contributed by atoms with E-state index in [9.17, 15) is 4.79 Å². The second-order valence-electron chi connectivity index (χ2n) is 4.09. The number of thiocarbonyl (C=S) groups is 1. The Morgan fingerprint density at radius 3 is 2.35 bits per heavy atom. The second kappa shape index (κ2) is 6.20. The van der Waals surface area contributed by atoms with Crippen LogP contribution in [0.15, 0.2) is 30.3 Å².